The Balaban J connectivity index is 1.96. The van der Waals surface area contributed by atoms with Crippen LogP contribution in [0.2, 0.25) is 0 Å². The fourth-order valence-corrected chi connectivity index (χ4v) is 2.51. The molecule has 0 saturated carbocycles. The van der Waals surface area contributed by atoms with Gasteiger partial charge >= 0.3 is 0 Å². The first-order valence-corrected chi connectivity index (χ1v) is 6.79. The molecule has 1 aromatic carbocycles. The number of benzene rings is 1. The lowest BCUT2D eigenvalue weighted by atomic mass is 10.0. The van der Waals surface area contributed by atoms with Gasteiger partial charge < -0.3 is 9.47 Å². The molecule has 0 bridgehead atoms. The second kappa shape index (κ2) is 5.36. The van der Waals surface area contributed by atoms with E-state index in [1.807, 2.05) is 12.1 Å². The minimum Gasteiger partial charge on any atom is -0.490 e. The number of hydrogen-bond donors (Lipinski definition) is 0. The van der Waals surface area contributed by atoms with Gasteiger partial charge in [0.2, 0.25) is 0 Å². The summed E-state index contributed by atoms with van der Waals surface area (Å²) in [5.41, 5.74) is 0. The van der Waals surface area contributed by atoms with Crippen LogP contribution >= 0.6 is 22.6 Å². The molecule has 1 fully saturated rings. The summed E-state index contributed by atoms with van der Waals surface area (Å²) in [5, 5.41) is 0. The minimum absolute atomic E-state index is 0.291. The fourth-order valence-electron chi connectivity index (χ4n) is 2.15. The fraction of sp³-hybridized carbons (Fsp3) is 0.538. The normalized spacial score (nSPS) is 30.1. The zero-order chi connectivity index (χ0) is 11.5. The molecule has 0 aromatic heterocycles. The van der Waals surface area contributed by atoms with Gasteiger partial charge in [0.25, 0.3) is 0 Å². The molecule has 1 heterocycles. The SMILES string of the molecule is C[C@@H]1CC(Oc2ccc(I)cc2)C[C@H](C)O1. The Morgan fingerprint density at radius 3 is 2.25 bits per heavy atom. The van der Waals surface area contributed by atoms with Crippen LogP contribution in [0.1, 0.15) is 26.7 Å². The summed E-state index contributed by atoms with van der Waals surface area (Å²) in [7, 11) is 0. The largest absolute Gasteiger partial charge is 0.490 e. The highest BCUT2D eigenvalue weighted by molar-refractivity contribution is 14.1. The molecule has 0 radical (unpaired) electrons. The quantitative estimate of drug-likeness (QED) is 0.770. The van der Waals surface area contributed by atoms with E-state index in [-0.39, 0.29) is 0 Å². The average Bonchev–Trinajstić information content (AvgIpc) is 2.20. The highest BCUT2D eigenvalue weighted by Gasteiger charge is 2.25. The van der Waals surface area contributed by atoms with Crippen LogP contribution in [-0.2, 0) is 4.74 Å². The Hall–Kier alpha value is -0.290. The molecule has 16 heavy (non-hydrogen) atoms. The second-order valence-electron chi connectivity index (χ2n) is 4.42. The Bertz CT molecular complexity index is 326. The molecule has 2 rings (SSSR count). The van der Waals surface area contributed by atoms with Crippen molar-refractivity contribution < 1.29 is 9.47 Å². The molecule has 88 valence electrons. The van der Waals surface area contributed by atoms with Gasteiger partial charge in [-0.1, -0.05) is 0 Å². The van der Waals surface area contributed by atoms with Crippen molar-refractivity contribution in [2.24, 2.45) is 0 Å². The van der Waals surface area contributed by atoms with E-state index in [0.717, 1.165) is 18.6 Å². The summed E-state index contributed by atoms with van der Waals surface area (Å²) in [5.74, 6) is 0.965. The molecule has 1 aromatic rings. The monoisotopic (exact) mass is 332 g/mol. The van der Waals surface area contributed by atoms with E-state index in [1.54, 1.807) is 0 Å². The van der Waals surface area contributed by atoms with Crippen molar-refractivity contribution in [2.45, 2.75) is 45.0 Å². The number of hydrogen-bond acceptors (Lipinski definition) is 2. The van der Waals surface area contributed by atoms with E-state index in [9.17, 15) is 0 Å². The van der Waals surface area contributed by atoms with Crippen molar-refractivity contribution in [3.05, 3.63) is 27.8 Å². The Labute approximate surface area is 110 Å². The van der Waals surface area contributed by atoms with E-state index in [2.05, 4.69) is 48.6 Å². The topological polar surface area (TPSA) is 18.5 Å². The first kappa shape index (κ1) is 12.2. The van der Waals surface area contributed by atoms with E-state index in [1.165, 1.54) is 3.57 Å². The smallest absolute Gasteiger partial charge is 0.119 e. The van der Waals surface area contributed by atoms with Crippen LogP contribution in [0.15, 0.2) is 24.3 Å². The summed E-state index contributed by atoms with van der Waals surface area (Å²) >= 11 is 2.30. The molecule has 1 aliphatic rings. The lowest BCUT2D eigenvalue weighted by Crippen LogP contribution is -2.35. The van der Waals surface area contributed by atoms with Crippen molar-refractivity contribution in [3.8, 4) is 5.75 Å². The maximum Gasteiger partial charge on any atom is 0.119 e. The van der Waals surface area contributed by atoms with Gasteiger partial charge in [0, 0.05) is 16.4 Å². The van der Waals surface area contributed by atoms with E-state index < -0.39 is 0 Å². The molecule has 3 heteroatoms. The summed E-state index contributed by atoms with van der Waals surface area (Å²) < 4.78 is 12.9. The highest BCUT2D eigenvalue weighted by Crippen LogP contribution is 2.24. The average molecular weight is 332 g/mol. The van der Waals surface area contributed by atoms with Crippen LogP contribution in [0, 0.1) is 3.57 Å². The number of halogens is 1. The van der Waals surface area contributed by atoms with Crippen molar-refractivity contribution in [1.29, 1.82) is 0 Å². The van der Waals surface area contributed by atoms with Crippen LogP contribution in [-0.4, -0.2) is 18.3 Å². The van der Waals surface area contributed by atoms with Gasteiger partial charge in [0.05, 0.1) is 12.2 Å². The predicted molar refractivity (Wildman–Crippen MR) is 72.8 cm³/mol. The maximum absolute atomic E-state index is 5.97. The molecule has 1 aliphatic heterocycles. The third kappa shape index (κ3) is 3.35. The van der Waals surface area contributed by atoms with Crippen molar-refractivity contribution in [3.63, 3.8) is 0 Å². The van der Waals surface area contributed by atoms with Crippen LogP contribution < -0.4 is 4.74 Å². The Morgan fingerprint density at radius 2 is 1.69 bits per heavy atom. The van der Waals surface area contributed by atoms with Gasteiger partial charge in [-0.3, -0.25) is 0 Å². The Morgan fingerprint density at radius 1 is 1.12 bits per heavy atom. The van der Waals surface area contributed by atoms with E-state index in [0.29, 0.717) is 18.3 Å². The molecule has 2 nitrogen and oxygen atoms in total. The minimum atomic E-state index is 0.291. The molecule has 3 atom stereocenters. The van der Waals surface area contributed by atoms with Gasteiger partial charge in [-0.25, -0.2) is 0 Å². The van der Waals surface area contributed by atoms with E-state index >= 15 is 0 Å². The standard InChI is InChI=1S/C13H17IO2/c1-9-7-13(8-10(2)15-9)16-12-5-3-11(14)4-6-12/h3-6,9-10,13H,7-8H2,1-2H3/t9-,10+,13?. The molecule has 0 spiro atoms. The van der Waals surface area contributed by atoms with Crippen LogP contribution in [0.3, 0.4) is 0 Å². The third-order valence-electron chi connectivity index (χ3n) is 2.77. The third-order valence-corrected chi connectivity index (χ3v) is 3.49. The summed E-state index contributed by atoms with van der Waals surface area (Å²) in [6.07, 6.45) is 2.86. The van der Waals surface area contributed by atoms with Gasteiger partial charge in [0.15, 0.2) is 0 Å². The number of ether oxygens (including phenoxy) is 2. The molecule has 0 aliphatic carbocycles. The molecular formula is C13H17IO2. The molecule has 1 unspecified atom stereocenters. The van der Waals surface area contributed by atoms with E-state index in [4.69, 9.17) is 9.47 Å². The molecule has 0 N–H and O–H groups in total. The molecule has 0 amide bonds. The van der Waals surface area contributed by atoms with Crippen molar-refractivity contribution >= 4 is 22.6 Å². The predicted octanol–water partition coefficient (Wildman–Crippen LogP) is 3.63. The van der Waals surface area contributed by atoms with Crippen LogP contribution in [0.25, 0.3) is 0 Å². The summed E-state index contributed by atoms with van der Waals surface area (Å²) in [6, 6.07) is 8.21. The van der Waals surface area contributed by atoms with Crippen LogP contribution in [0.4, 0.5) is 0 Å². The zero-order valence-electron chi connectivity index (χ0n) is 9.65. The van der Waals surface area contributed by atoms with Crippen molar-refractivity contribution in [1.82, 2.24) is 0 Å². The van der Waals surface area contributed by atoms with Gasteiger partial charge in [0.1, 0.15) is 11.9 Å². The molecule has 1 saturated heterocycles. The first-order valence-electron chi connectivity index (χ1n) is 5.71. The second-order valence-corrected chi connectivity index (χ2v) is 5.67. The van der Waals surface area contributed by atoms with Gasteiger partial charge in [-0.05, 0) is 60.7 Å². The summed E-state index contributed by atoms with van der Waals surface area (Å²) in [4.78, 5) is 0. The van der Waals surface area contributed by atoms with Gasteiger partial charge in [-0.2, -0.15) is 0 Å². The zero-order valence-corrected chi connectivity index (χ0v) is 11.8. The first-order chi connectivity index (χ1) is 7.63. The number of rotatable bonds is 2. The van der Waals surface area contributed by atoms with Crippen molar-refractivity contribution in [2.75, 3.05) is 0 Å². The lowest BCUT2D eigenvalue weighted by molar-refractivity contribution is -0.0721. The molecular weight excluding hydrogens is 315 g/mol. The highest BCUT2D eigenvalue weighted by atomic mass is 127. The van der Waals surface area contributed by atoms with Crippen LogP contribution in [0.5, 0.6) is 5.75 Å². The summed E-state index contributed by atoms with van der Waals surface area (Å²) in [6.45, 7) is 4.22. The lowest BCUT2D eigenvalue weighted by Gasteiger charge is -2.32. The van der Waals surface area contributed by atoms with Gasteiger partial charge in [-0.15, -0.1) is 0 Å². The maximum atomic E-state index is 5.97. The Kier molecular flexibility index (Phi) is 4.08.